The number of aryl methyl sites for hydroxylation is 1. The highest BCUT2D eigenvalue weighted by Gasteiger charge is 2.08. The molecule has 0 aliphatic heterocycles. The number of furan rings is 1. The van der Waals surface area contributed by atoms with E-state index in [0.717, 1.165) is 24.8 Å². The summed E-state index contributed by atoms with van der Waals surface area (Å²) < 4.78 is 5.01. The fourth-order valence-corrected chi connectivity index (χ4v) is 2.23. The molecule has 0 radical (unpaired) electrons. The lowest BCUT2D eigenvalue weighted by Crippen LogP contribution is -2.42. The van der Waals surface area contributed by atoms with Crippen LogP contribution in [0, 0.1) is 0 Å². The third-order valence-corrected chi connectivity index (χ3v) is 3.27. The van der Waals surface area contributed by atoms with Crippen molar-refractivity contribution in [2.75, 3.05) is 6.54 Å². The van der Waals surface area contributed by atoms with Gasteiger partial charge in [-0.05, 0) is 43.4 Å². The van der Waals surface area contributed by atoms with Crippen LogP contribution in [0.4, 0.5) is 4.79 Å². The quantitative estimate of drug-likeness (QED) is 0.768. The highest BCUT2D eigenvalue weighted by Crippen LogP contribution is 2.04. The summed E-state index contributed by atoms with van der Waals surface area (Å²) in [5, 5.41) is 5.82. The third-order valence-electron chi connectivity index (χ3n) is 3.27. The van der Waals surface area contributed by atoms with Crippen LogP contribution in [0.2, 0.25) is 0 Å². The molecule has 1 atom stereocenters. The summed E-state index contributed by atoms with van der Waals surface area (Å²) in [7, 11) is 0. The molecule has 1 unspecified atom stereocenters. The van der Waals surface area contributed by atoms with E-state index >= 15 is 0 Å². The van der Waals surface area contributed by atoms with Crippen LogP contribution in [0.3, 0.4) is 0 Å². The number of carbonyl (C=O) groups is 1. The van der Waals surface area contributed by atoms with Gasteiger partial charge in [0.05, 0.1) is 12.5 Å². The van der Waals surface area contributed by atoms with Gasteiger partial charge in [0.1, 0.15) is 0 Å². The number of nitrogens with one attached hydrogen (secondary N) is 2. The first-order chi connectivity index (χ1) is 10.2. The van der Waals surface area contributed by atoms with Crippen LogP contribution in [0.15, 0.2) is 53.3 Å². The van der Waals surface area contributed by atoms with Crippen molar-refractivity contribution < 1.29 is 9.21 Å². The van der Waals surface area contributed by atoms with Crippen LogP contribution in [-0.4, -0.2) is 18.6 Å². The molecule has 0 saturated carbocycles. The minimum atomic E-state index is -0.112. The van der Waals surface area contributed by atoms with Crippen LogP contribution < -0.4 is 10.6 Å². The first-order valence-corrected chi connectivity index (χ1v) is 7.33. The van der Waals surface area contributed by atoms with Crippen molar-refractivity contribution in [3.63, 3.8) is 0 Å². The maximum Gasteiger partial charge on any atom is 0.315 e. The van der Waals surface area contributed by atoms with Gasteiger partial charge in [0.15, 0.2) is 0 Å². The second-order valence-corrected chi connectivity index (χ2v) is 5.23. The SMILES string of the molecule is CC(Cc1ccoc1)NC(=O)NCCCc1ccccc1. The minimum Gasteiger partial charge on any atom is -0.472 e. The minimum absolute atomic E-state index is 0.0803. The van der Waals surface area contributed by atoms with E-state index in [2.05, 4.69) is 22.8 Å². The van der Waals surface area contributed by atoms with Gasteiger partial charge in [-0.3, -0.25) is 0 Å². The molecular formula is C17H22N2O2. The predicted octanol–water partition coefficient (Wildman–Crippen LogP) is 3.14. The molecule has 21 heavy (non-hydrogen) atoms. The van der Waals surface area contributed by atoms with Crippen molar-refractivity contribution in [3.05, 3.63) is 60.1 Å². The number of amides is 2. The molecule has 2 aromatic rings. The molecule has 1 aromatic heterocycles. The van der Waals surface area contributed by atoms with Gasteiger partial charge in [-0.25, -0.2) is 4.79 Å². The van der Waals surface area contributed by atoms with Crippen LogP contribution in [0.1, 0.15) is 24.5 Å². The Morgan fingerprint density at radius 2 is 2.00 bits per heavy atom. The number of hydrogen-bond donors (Lipinski definition) is 2. The number of benzene rings is 1. The van der Waals surface area contributed by atoms with Gasteiger partial charge in [-0.1, -0.05) is 30.3 Å². The lowest BCUT2D eigenvalue weighted by Gasteiger charge is -2.13. The van der Waals surface area contributed by atoms with Gasteiger partial charge in [0.25, 0.3) is 0 Å². The Kier molecular flexibility index (Phi) is 5.88. The van der Waals surface area contributed by atoms with Gasteiger partial charge in [-0.2, -0.15) is 0 Å². The lowest BCUT2D eigenvalue weighted by molar-refractivity contribution is 0.237. The summed E-state index contributed by atoms with van der Waals surface area (Å²) in [6.45, 7) is 2.66. The summed E-state index contributed by atoms with van der Waals surface area (Å²) in [4.78, 5) is 11.7. The van der Waals surface area contributed by atoms with E-state index < -0.39 is 0 Å². The molecule has 1 heterocycles. The van der Waals surface area contributed by atoms with Gasteiger partial charge in [0, 0.05) is 12.6 Å². The largest absolute Gasteiger partial charge is 0.472 e. The van der Waals surface area contributed by atoms with E-state index in [-0.39, 0.29) is 12.1 Å². The van der Waals surface area contributed by atoms with Crippen molar-refractivity contribution in [1.29, 1.82) is 0 Å². The fraction of sp³-hybridized carbons (Fsp3) is 0.353. The lowest BCUT2D eigenvalue weighted by atomic mass is 10.1. The highest BCUT2D eigenvalue weighted by molar-refractivity contribution is 5.74. The van der Waals surface area contributed by atoms with E-state index in [9.17, 15) is 4.79 Å². The molecular weight excluding hydrogens is 264 g/mol. The molecule has 2 rings (SSSR count). The summed E-state index contributed by atoms with van der Waals surface area (Å²) in [5.41, 5.74) is 2.39. The molecule has 0 fully saturated rings. The number of hydrogen-bond acceptors (Lipinski definition) is 2. The Morgan fingerprint density at radius 1 is 1.19 bits per heavy atom. The standard InChI is InChI=1S/C17H22N2O2/c1-14(12-16-9-11-21-13-16)19-17(20)18-10-5-8-15-6-3-2-4-7-15/h2-4,6-7,9,11,13-14H,5,8,10,12H2,1H3,(H2,18,19,20). The van der Waals surface area contributed by atoms with Gasteiger partial charge in [0.2, 0.25) is 0 Å². The molecule has 4 heteroatoms. The number of urea groups is 1. The second-order valence-electron chi connectivity index (χ2n) is 5.23. The van der Waals surface area contributed by atoms with Crippen molar-refractivity contribution in [3.8, 4) is 0 Å². The smallest absolute Gasteiger partial charge is 0.315 e. The Balaban J connectivity index is 1.59. The van der Waals surface area contributed by atoms with Crippen molar-refractivity contribution in [1.82, 2.24) is 10.6 Å². The average molecular weight is 286 g/mol. The predicted molar refractivity (Wildman–Crippen MR) is 83.2 cm³/mol. The number of rotatable bonds is 7. The van der Waals surface area contributed by atoms with E-state index in [0.29, 0.717) is 6.54 Å². The van der Waals surface area contributed by atoms with Gasteiger partial charge in [-0.15, -0.1) is 0 Å². The first kappa shape index (κ1) is 15.2. The van der Waals surface area contributed by atoms with Crippen LogP contribution in [-0.2, 0) is 12.8 Å². The maximum atomic E-state index is 11.7. The van der Waals surface area contributed by atoms with Gasteiger partial charge < -0.3 is 15.1 Å². The van der Waals surface area contributed by atoms with Crippen molar-refractivity contribution in [2.45, 2.75) is 32.2 Å². The van der Waals surface area contributed by atoms with E-state index in [1.165, 1.54) is 5.56 Å². The van der Waals surface area contributed by atoms with Crippen LogP contribution >= 0.6 is 0 Å². The fourth-order valence-electron chi connectivity index (χ4n) is 2.23. The van der Waals surface area contributed by atoms with E-state index in [1.807, 2.05) is 31.2 Å². The highest BCUT2D eigenvalue weighted by atomic mass is 16.3. The van der Waals surface area contributed by atoms with E-state index in [4.69, 9.17) is 4.42 Å². The van der Waals surface area contributed by atoms with Crippen molar-refractivity contribution >= 4 is 6.03 Å². The monoisotopic (exact) mass is 286 g/mol. The molecule has 112 valence electrons. The normalized spacial score (nSPS) is 11.9. The Hall–Kier alpha value is -2.23. The first-order valence-electron chi connectivity index (χ1n) is 7.33. The topological polar surface area (TPSA) is 54.3 Å². The Morgan fingerprint density at radius 3 is 2.71 bits per heavy atom. The summed E-state index contributed by atoms with van der Waals surface area (Å²) in [6, 6.07) is 12.2. The molecule has 1 aromatic carbocycles. The second kappa shape index (κ2) is 8.15. The molecule has 2 amide bonds. The van der Waals surface area contributed by atoms with Crippen molar-refractivity contribution in [2.24, 2.45) is 0 Å². The molecule has 0 bridgehead atoms. The Bertz CT molecular complexity index is 523. The molecule has 0 aliphatic carbocycles. The maximum absolute atomic E-state index is 11.7. The summed E-state index contributed by atoms with van der Waals surface area (Å²) in [6.07, 6.45) is 6.04. The molecule has 0 spiro atoms. The third kappa shape index (κ3) is 5.73. The number of carbonyl (C=O) groups excluding carboxylic acids is 1. The van der Waals surface area contributed by atoms with Gasteiger partial charge >= 0.3 is 6.03 Å². The zero-order chi connectivity index (χ0) is 14.9. The van der Waals surface area contributed by atoms with Crippen LogP contribution in [0.5, 0.6) is 0 Å². The molecule has 2 N–H and O–H groups in total. The average Bonchev–Trinajstić information content (AvgIpc) is 2.97. The van der Waals surface area contributed by atoms with Crippen LogP contribution in [0.25, 0.3) is 0 Å². The molecule has 0 saturated heterocycles. The zero-order valence-electron chi connectivity index (χ0n) is 12.3. The summed E-state index contributed by atoms with van der Waals surface area (Å²) >= 11 is 0. The molecule has 4 nitrogen and oxygen atoms in total. The van der Waals surface area contributed by atoms with E-state index in [1.54, 1.807) is 12.5 Å². The molecule has 0 aliphatic rings. The zero-order valence-corrected chi connectivity index (χ0v) is 12.3. The summed E-state index contributed by atoms with van der Waals surface area (Å²) in [5.74, 6) is 0. The Labute approximate surface area is 125 Å².